The average Bonchev–Trinajstić information content (AvgIpc) is 2.86. The molecule has 2 heterocycles. The Morgan fingerprint density at radius 2 is 2.20 bits per heavy atom. The molecule has 0 spiro atoms. The molecule has 2 rings (SSSR count). The summed E-state index contributed by atoms with van der Waals surface area (Å²) in [4.78, 5) is 26.9. The van der Waals surface area contributed by atoms with Crippen molar-refractivity contribution in [1.82, 2.24) is 4.98 Å². The largest absolute Gasteiger partial charge is 0.487 e. The van der Waals surface area contributed by atoms with E-state index < -0.39 is 11.5 Å². The number of fused-ring (bicyclic) bond motifs is 1. The molecule has 2 aromatic rings. The molecule has 0 atom stereocenters. The van der Waals surface area contributed by atoms with Crippen molar-refractivity contribution in [3.8, 4) is 5.75 Å². The summed E-state index contributed by atoms with van der Waals surface area (Å²) in [6.45, 7) is 4.42. The van der Waals surface area contributed by atoms with Crippen molar-refractivity contribution >= 4 is 27.5 Å². The minimum absolute atomic E-state index is 0.0619. The maximum Gasteiger partial charge on any atom is 0.343 e. The van der Waals surface area contributed by atoms with E-state index >= 15 is 0 Å². The Hall–Kier alpha value is -1.82. The lowest BCUT2D eigenvalue weighted by Crippen LogP contribution is -2.18. The highest BCUT2D eigenvalue weighted by Crippen LogP contribution is 2.28. The second-order valence-corrected chi connectivity index (χ2v) is 5.16. The highest BCUT2D eigenvalue weighted by Gasteiger charge is 2.22. The lowest BCUT2D eigenvalue weighted by atomic mass is 10.2. The number of aromatic nitrogens is 1. The van der Waals surface area contributed by atoms with Crippen LogP contribution in [0, 0.1) is 0 Å². The van der Waals surface area contributed by atoms with Crippen molar-refractivity contribution < 1.29 is 14.3 Å². The molecule has 2 aromatic heterocycles. The molecule has 0 aliphatic carbocycles. The molecule has 0 saturated carbocycles. The van der Waals surface area contributed by atoms with Gasteiger partial charge < -0.3 is 14.5 Å². The summed E-state index contributed by atoms with van der Waals surface area (Å²) in [5.41, 5.74) is 0.470. The molecule has 0 amide bonds. The first-order valence-corrected chi connectivity index (χ1v) is 7.50. The Morgan fingerprint density at radius 1 is 1.40 bits per heavy atom. The lowest BCUT2D eigenvalue weighted by Gasteiger charge is -2.10. The number of carbonyl (C=O) groups is 1. The number of pyridine rings is 1. The van der Waals surface area contributed by atoms with E-state index in [4.69, 9.17) is 9.47 Å². The Balaban J connectivity index is 2.51. The van der Waals surface area contributed by atoms with E-state index in [1.54, 1.807) is 13.0 Å². The average molecular weight is 295 g/mol. The number of ether oxygens (including phenoxy) is 2. The fraction of sp³-hybridized carbons (Fsp3) is 0.429. The molecule has 0 unspecified atom stereocenters. The van der Waals surface area contributed by atoms with E-state index in [1.807, 2.05) is 12.3 Å². The van der Waals surface area contributed by atoms with Crippen molar-refractivity contribution in [3.05, 3.63) is 27.4 Å². The van der Waals surface area contributed by atoms with Crippen LogP contribution in [0.4, 0.5) is 0 Å². The summed E-state index contributed by atoms with van der Waals surface area (Å²) in [6.07, 6.45) is 1.78. The van der Waals surface area contributed by atoms with Gasteiger partial charge in [-0.1, -0.05) is 13.3 Å². The highest BCUT2D eigenvalue weighted by atomic mass is 32.1. The third-order valence-electron chi connectivity index (χ3n) is 2.80. The number of esters is 1. The van der Waals surface area contributed by atoms with Crippen LogP contribution < -0.4 is 10.3 Å². The van der Waals surface area contributed by atoms with Gasteiger partial charge >= 0.3 is 5.97 Å². The van der Waals surface area contributed by atoms with E-state index in [1.165, 1.54) is 11.3 Å². The maximum atomic E-state index is 12.1. The molecule has 0 saturated heterocycles. The summed E-state index contributed by atoms with van der Waals surface area (Å²) in [5.74, 6) is -0.454. The van der Waals surface area contributed by atoms with Crippen molar-refractivity contribution in [2.45, 2.75) is 26.7 Å². The van der Waals surface area contributed by atoms with Gasteiger partial charge in [0.2, 0.25) is 5.75 Å². The first-order valence-electron chi connectivity index (χ1n) is 6.62. The number of aromatic amines is 1. The zero-order valence-corrected chi connectivity index (χ0v) is 12.3. The molecule has 6 heteroatoms. The summed E-state index contributed by atoms with van der Waals surface area (Å²) < 4.78 is 11.2. The third-order valence-corrected chi connectivity index (χ3v) is 3.73. The molecule has 0 fully saturated rings. The Bertz CT molecular complexity index is 659. The van der Waals surface area contributed by atoms with Crippen LogP contribution >= 0.6 is 11.3 Å². The van der Waals surface area contributed by atoms with Crippen molar-refractivity contribution in [3.63, 3.8) is 0 Å². The van der Waals surface area contributed by atoms with Gasteiger partial charge in [0, 0.05) is 0 Å². The van der Waals surface area contributed by atoms with E-state index in [0.717, 1.165) is 12.8 Å². The van der Waals surface area contributed by atoms with Crippen LogP contribution in [0.3, 0.4) is 0 Å². The van der Waals surface area contributed by atoms with Gasteiger partial charge in [-0.2, -0.15) is 0 Å². The minimum atomic E-state index is -0.516. The zero-order valence-electron chi connectivity index (χ0n) is 11.5. The molecule has 0 aliphatic rings. The summed E-state index contributed by atoms with van der Waals surface area (Å²) in [5, 5.41) is 1.82. The number of hydrogen-bond donors (Lipinski definition) is 1. The number of hydrogen-bond acceptors (Lipinski definition) is 5. The standard InChI is InChI=1S/C14H17NO4S/c1-3-5-7-19-11-10(14(17)18-4-2)12-9(6-8-20-12)15-13(11)16/h6,8H,3-5,7H2,1-2H3,(H,15,16). The van der Waals surface area contributed by atoms with Crippen LogP contribution in [0.15, 0.2) is 16.2 Å². The van der Waals surface area contributed by atoms with Gasteiger partial charge in [0.05, 0.1) is 23.4 Å². The fourth-order valence-electron chi connectivity index (χ4n) is 1.84. The summed E-state index contributed by atoms with van der Waals surface area (Å²) in [6, 6.07) is 1.76. The van der Waals surface area contributed by atoms with Crippen LogP contribution in [0.2, 0.25) is 0 Å². The molecular formula is C14H17NO4S. The lowest BCUT2D eigenvalue weighted by molar-refractivity contribution is 0.0524. The second-order valence-electron chi connectivity index (χ2n) is 4.24. The van der Waals surface area contributed by atoms with Crippen molar-refractivity contribution in [2.75, 3.05) is 13.2 Å². The van der Waals surface area contributed by atoms with E-state index in [2.05, 4.69) is 4.98 Å². The third kappa shape index (κ3) is 2.85. The van der Waals surface area contributed by atoms with Gasteiger partial charge in [-0.25, -0.2) is 4.79 Å². The SMILES string of the molecule is CCCCOc1c(C(=O)OCC)c2sccc2[nH]c1=O. The van der Waals surface area contributed by atoms with Crippen molar-refractivity contribution in [2.24, 2.45) is 0 Å². The van der Waals surface area contributed by atoms with Crippen LogP contribution in [0.25, 0.3) is 10.2 Å². The molecule has 108 valence electrons. The highest BCUT2D eigenvalue weighted by molar-refractivity contribution is 7.17. The molecule has 0 radical (unpaired) electrons. The zero-order chi connectivity index (χ0) is 14.5. The number of carbonyl (C=O) groups excluding carboxylic acids is 1. The molecule has 0 aliphatic heterocycles. The Kier molecular flexibility index (Phi) is 4.79. The number of thiophene rings is 1. The number of H-pyrrole nitrogens is 1. The first kappa shape index (κ1) is 14.6. The smallest absolute Gasteiger partial charge is 0.343 e. The number of rotatable bonds is 6. The maximum absolute atomic E-state index is 12.1. The van der Waals surface area contributed by atoms with Gasteiger partial charge in [0.15, 0.2) is 0 Å². The quantitative estimate of drug-likeness (QED) is 0.657. The number of nitrogens with one attached hydrogen (secondary N) is 1. The Labute approximate surface area is 120 Å². The topological polar surface area (TPSA) is 68.4 Å². The fourth-order valence-corrected chi connectivity index (χ4v) is 2.72. The van der Waals surface area contributed by atoms with E-state index in [9.17, 15) is 9.59 Å². The number of unbranched alkanes of at least 4 members (excludes halogenated alkanes) is 1. The van der Waals surface area contributed by atoms with Crippen LogP contribution in [-0.4, -0.2) is 24.2 Å². The van der Waals surface area contributed by atoms with Crippen LogP contribution in [0.5, 0.6) is 5.75 Å². The molecular weight excluding hydrogens is 278 g/mol. The van der Waals surface area contributed by atoms with Crippen LogP contribution in [-0.2, 0) is 4.74 Å². The van der Waals surface area contributed by atoms with Crippen LogP contribution in [0.1, 0.15) is 37.0 Å². The van der Waals surface area contributed by atoms with Gasteiger partial charge in [-0.05, 0) is 24.8 Å². The van der Waals surface area contributed by atoms with Gasteiger partial charge in [0.1, 0.15) is 5.56 Å². The minimum Gasteiger partial charge on any atom is -0.487 e. The van der Waals surface area contributed by atoms with Gasteiger partial charge in [0.25, 0.3) is 5.56 Å². The monoisotopic (exact) mass is 295 g/mol. The van der Waals surface area contributed by atoms with E-state index in [-0.39, 0.29) is 17.9 Å². The van der Waals surface area contributed by atoms with Gasteiger partial charge in [-0.3, -0.25) is 4.79 Å². The summed E-state index contributed by atoms with van der Waals surface area (Å²) in [7, 11) is 0. The molecule has 5 nitrogen and oxygen atoms in total. The first-order chi connectivity index (χ1) is 9.69. The molecule has 0 aromatic carbocycles. The molecule has 0 bridgehead atoms. The van der Waals surface area contributed by atoms with Crippen molar-refractivity contribution in [1.29, 1.82) is 0 Å². The normalized spacial score (nSPS) is 10.7. The predicted octanol–water partition coefficient (Wildman–Crippen LogP) is 2.95. The van der Waals surface area contributed by atoms with E-state index in [0.29, 0.717) is 16.8 Å². The van der Waals surface area contributed by atoms with Gasteiger partial charge in [-0.15, -0.1) is 11.3 Å². The second kappa shape index (κ2) is 6.56. The predicted molar refractivity (Wildman–Crippen MR) is 78.8 cm³/mol. The molecule has 20 heavy (non-hydrogen) atoms. The summed E-state index contributed by atoms with van der Waals surface area (Å²) >= 11 is 1.38. The Morgan fingerprint density at radius 3 is 2.90 bits per heavy atom. The molecule has 1 N–H and O–H groups in total.